The highest BCUT2D eigenvalue weighted by atomic mass is 32.2. The first-order valence-electron chi connectivity index (χ1n) is 9.06. The number of aliphatic hydroxyl groups is 1. The number of rotatable bonds is 5. The van der Waals surface area contributed by atoms with E-state index in [0.29, 0.717) is 18.3 Å². The maximum absolute atomic E-state index is 11.3. The van der Waals surface area contributed by atoms with Crippen molar-refractivity contribution in [3.05, 3.63) is 24.3 Å². The van der Waals surface area contributed by atoms with Crippen molar-refractivity contribution >= 4 is 32.1 Å². The van der Waals surface area contributed by atoms with E-state index in [1.54, 1.807) is 13.1 Å². The van der Waals surface area contributed by atoms with Crippen LogP contribution in [0, 0.1) is 5.92 Å². The first kappa shape index (κ1) is 18.2. The van der Waals surface area contributed by atoms with Crippen molar-refractivity contribution in [3.63, 3.8) is 0 Å². The number of pyridine rings is 1. The van der Waals surface area contributed by atoms with Gasteiger partial charge in [0.05, 0.1) is 12.5 Å². The zero-order valence-corrected chi connectivity index (χ0v) is 16.2. The quantitative estimate of drug-likeness (QED) is 0.593. The number of aliphatic hydroxyl groups excluding tert-OH is 1. The normalized spacial score (nSPS) is 17.8. The Bertz CT molecular complexity index is 1060. The van der Waals surface area contributed by atoms with Crippen LogP contribution in [0.1, 0.15) is 31.7 Å². The van der Waals surface area contributed by atoms with Crippen LogP contribution in [0.25, 0.3) is 22.1 Å². The van der Waals surface area contributed by atoms with E-state index in [4.69, 9.17) is 0 Å². The lowest BCUT2D eigenvalue weighted by Crippen LogP contribution is -2.44. The summed E-state index contributed by atoms with van der Waals surface area (Å²) < 4.78 is 27.3. The highest BCUT2D eigenvalue weighted by Crippen LogP contribution is 2.28. The van der Waals surface area contributed by atoms with Crippen LogP contribution in [0.15, 0.2) is 18.5 Å². The van der Waals surface area contributed by atoms with Gasteiger partial charge in [0, 0.05) is 31.2 Å². The van der Waals surface area contributed by atoms with Gasteiger partial charge in [-0.3, -0.25) is 0 Å². The lowest BCUT2D eigenvalue weighted by Gasteiger charge is -2.35. The molecule has 0 bridgehead atoms. The number of piperidine rings is 1. The molecule has 1 saturated heterocycles. The number of nitrogens with zero attached hydrogens (tertiary/aromatic N) is 4. The zero-order chi connectivity index (χ0) is 19.2. The standard InChI is InChI=1S/C17H24N6O3S/c1-11(24)17-21-14-10-19-16-13(3-6-18-16)15(14)23(17)22-7-4-12(5-8-22)9-20-27(2,25)26/h3,6,10-12,20,24H,4-5,7-9H2,1-2H3,(H,18,19)/t11-/m1/s1. The van der Waals surface area contributed by atoms with Crippen LogP contribution in [0.5, 0.6) is 0 Å². The molecule has 0 saturated carbocycles. The molecule has 9 nitrogen and oxygen atoms in total. The molecule has 0 aliphatic carbocycles. The third-order valence-corrected chi connectivity index (χ3v) is 5.78. The Morgan fingerprint density at radius 1 is 1.41 bits per heavy atom. The minimum atomic E-state index is -3.17. The number of hydrogen-bond donors (Lipinski definition) is 3. The summed E-state index contributed by atoms with van der Waals surface area (Å²) in [6, 6.07) is 1.97. The monoisotopic (exact) mass is 392 g/mol. The van der Waals surface area contributed by atoms with Gasteiger partial charge >= 0.3 is 0 Å². The molecule has 1 fully saturated rings. The van der Waals surface area contributed by atoms with Gasteiger partial charge in [-0.05, 0) is 31.7 Å². The molecule has 1 atom stereocenters. The van der Waals surface area contributed by atoms with Gasteiger partial charge in [0.25, 0.3) is 0 Å². The Kier molecular flexibility index (Phi) is 4.57. The van der Waals surface area contributed by atoms with Crippen LogP contribution < -0.4 is 9.73 Å². The topological polar surface area (TPSA) is 116 Å². The summed E-state index contributed by atoms with van der Waals surface area (Å²) in [4.78, 5) is 12.1. The summed E-state index contributed by atoms with van der Waals surface area (Å²) in [7, 11) is -3.17. The summed E-state index contributed by atoms with van der Waals surface area (Å²) in [5, 5.41) is 13.4. The maximum Gasteiger partial charge on any atom is 0.208 e. The summed E-state index contributed by atoms with van der Waals surface area (Å²) >= 11 is 0. The van der Waals surface area contributed by atoms with E-state index >= 15 is 0 Å². The molecule has 0 unspecified atom stereocenters. The van der Waals surface area contributed by atoms with Gasteiger partial charge in [-0.1, -0.05) is 0 Å². The molecule has 146 valence electrons. The van der Waals surface area contributed by atoms with Gasteiger partial charge in [0.1, 0.15) is 22.8 Å². The Labute approximate surface area is 157 Å². The third kappa shape index (κ3) is 3.52. The molecule has 1 aliphatic rings. The number of hydrogen-bond acceptors (Lipinski definition) is 6. The van der Waals surface area contributed by atoms with Crippen molar-refractivity contribution in [1.82, 2.24) is 24.4 Å². The molecular formula is C17H24N6O3S. The van der Waals surface area contributed by atoms with E-state index in [9.17, 15) is 13.5 Å². The van der Waals surface area contributed by atoms with E-state index in [2.05, 4.69) is 24.7 Å². The zero-order valence-electron chi connectivity index (χ0n) is 15.4. The number of H-pyrrole nitrogens is 1. The molecule has 0 radical (unpaired) electrons. The lowest BCUT2D eigenvalue weighted by molar-refractivity contribution is 0.182. The van der Waals surface area contributed by atoms with Crippen LogP contribution >= 0.6 is 0 Å². The molecule has 0 amide bonds. The molecule has 1 aliphatic heterocycles. The first-order valence-corrected chi connectivity index (χ1v) is 10.9. The summed E-state index contributed by atoms with van der Waals surface area (Å²) in [6.07, 6.45) is 5.77. The molecule has 3 N–H and O–H groups in total. The van der Waals surface area contributed by atoms with E-state index < -0.39 is 16.1 Å². The van der Waals surface area contributed by atoms with Crippen LogP contribution in [0.2, 0.25) is 0 Å². The number of nitrogens with one attached hydrogen (secondary N) is 2. The Balaban J connectivity index is 1.65. The Hall–Kier alpha value is -2.17. The fraction of sp³-hybridized carbons (Fsp3) is 0.529. The molecule has 4 heterocycles. The van der Waals surface area contributed by atoms with Gasteiger partial charge in [-0.2, -0.15) is 0 Å². The van der Waals surface area contributed by atoms with Crippen molar-refractivity contribution in [2.75, 3.05) is 30.9 Å². The number of aromatic amines is 1. The van der Waals surface area contributed by atoms with Crippen molar-refractivity contribution in [2.45, 2.75) is 25.9 Å². The second-order valence-corrected chi connectivity index (χ2v) is 9.04. The second kappa shape index (κ2) is 6.77. The van der Waals surface area contributed by atoms with E-state index in [1.165, 1.54) is 6.26 Å². The lowest BCUT2D eigenvalue weighted by atomic mass is 9.98. The molecule has 0 spiro atoms. The van der Waals surface area contributed by atoms with Crippen molar-refractivity contribution < 1.29 is 13.5 Å². The molecular weight excluding hydrogens is 368 g/mol. The van der Waals surface area contributed by atoms with Crippen LogP contribution in [0.3, 0.4) is 0 Å². The third-order valence-electron chi connectivity index (χ3n) is 5.08. The summed E-state index contributed by atoms with van der Waals surface area (Å²) in [5.41, 5.74) is 2.47. The Morgan fingerprint density at radius 2 is 2.15 bits per heavy atom. The van der Waals surface area contributed by atoms with Gasteiger partial charge in [0.2, 0.25) is 10.0 Å². The highest BCUT2D eigenvalue weighted by molar-refractivity contribution is 7.88. The molecule has 3 aromatic rings. The van der Waals surface area contributed by atoms with E-state index in [1.807, 2.05) is 16.9 Å². The van der Waals surface area contributed by atoms with Gasteiger partial charge < -0.3 is 15.1 Å². The first-order chi connectivity index (χ1) is 12.8. The molecule has 0 aromatic carbocycles. The number of imidazole rings is 1. The molecule has 10 heteroatoms. The molecule has 4 rings (SSSR count). The maximum atomic E-state index is 11.3. The largest absolute Gasteiger partial charge is 0.385 e. The fourth-order valence-electron chi connectivity index (χ4n) is 3.72. The minimum Gasteiger partial charge on any atom is -0.385 e. The number of fused-ring (bicyclic) bond motifs is 3. The van der Waals surface area contributed by atoms with Crippen molar-refractivity contribution in [3.8, 4) is 0 Å². The predicted molar refractivity (Wildman–Crippen MR) is 104 cm³/mol. The minimum absolute atomic E-state index is 0.301. The summed E-state index contributed by atoms with van der Waals surface area (Å²) in [5.74, 6) is 0.892. The van der Waals surface area contributed by atoms with Gasteiger partial charge in [-0.15, -0.1) is 0 Å². The molecule has 27 heavy (non-hydrogen) atoms. The fourth-order valence-corrected chi connectivity index (χ4v) is 4.26. The smallest absolute Gasteiger partial charge is 0.208 e. The molecule has 3 aromatic heterocycles. The number of aromatic nitrogens is 4. The van der Waals surface area contributed by atoms with E-state index in [0.717, 1.165) is 48.0 Å². The highest BCUT2D eigenvalue weighted by Gasteiger charge is 2.26. The van der Waals surface area contributed by atoms with Crippen LogP contribution in [-0.2, 0) is 10.0 Å². The van der Waals surface area contributed by atoms with Crippen molar-refractivity contribution in [1.29, 1.82) is 0 Å². The SMILES string of the molecule is C[C@@H](O)c1nc2cnc3[nH]ccc3c2n1N1CCC(CNS(C)(=O)=O)CC1. The predicted octanol–water partition coefficient (Wildman–Crippen LogP) is 0.863. The van der Waals surface area contributed by atoms with Crippen molar-refractivity contribution in [2.24, 2.45) is 5.92 Å². The van der Waals surface area contributed by atoms with Crippen LogP contribution in [-0.4, -0.2) is 59.0 Å². The van der Waals surface area contributed by atoms with E-state index in [-0.39, 0.29) is 0 Å². The van der Waals surface area contributed by atoms with Gasteiger partial charge in [-0.25, -0.2) is 27.8 Å². The Morgan fingerprint density at radius 3 is 2.81 bits per heavy atom. The number of sulfonamides is 1. The average molecular weight is 392 g/mol. The van der Waals surface area contributed by atoms with Crippen LogP contribution in [0.4, 0.5) is 0 Å². The van der Waals surface area contributed by atoms with Gasteiger partial charge in [0.15, 0.2) is 5.82 Å². The summed E-state index contributed by atoms with van der Waals surface area (Å²) in [6.45, 7) is 3.69. The average Bonchev–Trinajstić information content (AvgIpc) is 3.23. The second-order valence-electron chi connectivity index (χ2n) is 7.21.